The second-order valence-electron chi connectivity index (χ2n) is 8.93. The van der Waals surface area contributed by atoms with Crippen molar-refractivity contribution >= 4 is 37.8 Å². The highest BCUT2D eigenvalue weighted by Crippen LogP contribution is 2.50. The van der Waals surface area contributed by atoms with Crippen LogP contribution in [0.5, 0.6) is 0 Å². The van der Waals surface area contributed by atoms with E-state index in [0.29, 0.717) is 18.6 Å². The average molecular weight is 481 g/mol. The van der Waals surface area contributed by atoms with E-state index in [1.165, 1.54) is 7.11 Å². The van der Waals surface area contributed by atoms with Gasteiger partial charge in [-0.2, -0.15) is 0 Å². The van der Waals surface area contributed by atoms with E-state index in [0.717, 1.165) is 17.9 Å². The molecule has 1 aliphatic heterocycles. The van der Waals surface area contributed by atoms with Gasteiger partial charge in [0.25, 0.3) is 0 Å². The quantitative estimate of drug-likeness (QED) is 0.172. The zero-order valence-electron chi connectivity index (χ0n) is 19.9. The Morgan fingerprint density at radius 1 is 1.13 bits per heavy atom. The summed E-state index contributed by atoms with van der Waals surface area (Å²) in [7, 11) is 2.68. The summed E-state index contributed by atoms with van der Waals surface area (Å²) in [6.45, 7) is 15.5. The van der Waals surface area contributed by atoms with Crippen molar-refractivity contribution in [2.75, 3.05) is 46.0 Å². The molecule has 1 heterocycles. The summed E-state index contributed by atoms with van der Waals surface area (Å²) in [5.41, 5.74) is 0.297. The number of methoxy groups -OCH3 is 3. The Balaban J connectivity index is 3.12. The molecular formula is C21H40O6S2Si. The number of hydrogen-bond acceptors (Lipinski definition) is 8. The molecule has 0 aromatic rings. The van der Waals surface area contributed by atoms with Crippen molar-refractivity contribution in [2.24, 2.45) is 0 Å². The molecule has 0 amide bonds. The number of carbonyl (C=O) groups excluding carboxylic acids is 1. The highest BCUT2D eigenvalue weighted by molar-refractivity contribution is 8.18. The molecule has 0 radical (unpaired) electrons. The third-order valence-corrected chi connectivity index (χ3v) is 13.8. The van der Waals surface area contributed by atoms with Crippen molar-refractivity contribution in [3.63, 3.8) is 0 Å². The molecule has 176 valence electrons. The Morgan fingerprint density at radius 2 is 1.70 bits per heavy atom. The smallest absolute Gasteiger partial charge is 0.335 e. The Labute approximate surface area is 192 Å². The number of thioether (sulfide) groups is 2. The molecule has 0 saturated carbocycles. The maximum atomic E-state index is 11.8. The van der Waals surface area contributed by atoms with E-state index in [9.17, 15) is 4.79 Å². The van der Waals surface area contributed by atoms with Crippen LogP contribution in [0, 0.1) is 0 Å². The highest BCUT2D eigenvalue weighted by Gasteiger charge is 2.46. The molecule has 9 heteroatoms. The van der Waals surface area contributed by atoms with Crippen LogP contribution in [0.15, 0.2) is 12.2 Å². The molecule has 0 bridgehead atoms. The normalized spacial score (nSPS) is 18.3. The first-order valence-corrected chi connectivity index (χ1v) is 15.2. The van der Waals surface area contributed by atoms with Gasteiger partial charge in [0, 0.05) is 20.6 Å². The van der Waals surface area contributed by atoms with Crippen LogP contribution in [0.1, 0.15) is 33.6 Å². The Bertz CT molecular complexity index is 554. The SMILES string of the molecule is C=C(COC(CO[Si](C)(C)C(C)(C)C)C1(CC(OC)OC)SCCCS1)C(=O)OC. The fraction of sp³-hybridized carbons (Fsp3) is 0.857. The van der Waals surface area contributed by atoms with Crippen LogP contribution in [0.3, 0.4) is 0 Å². The van der Waals surface area contributed by atoms with Crippen LogP contribution < -0.4 is 0 Å². The summed E-state index contributed by atoms with van der Waals surface area (Å²) in [6.07, 6.45) is 1.21. The van der Waals surface area contributed by atoms with Gasteiger partial charge in [-0.3, -0.25) is 0 Å². The monoisotopic (exact) mass is 480 g/mol. The third kappa shape index (κ3) is 7.83. The van der Waals surface area contributed by atoms with Gasteiger partial charge >= 0.3 is 5.97 Å². The maximum absolute atomic E-state index is 11.8. The van der Waals surface area contributed by atoms with Gasteiger partial charge in [0.1, 0.15) is 6.10 Å². The molecule has 30 heavy (non-hydrogen) atoms. The lowest BCUT2D eigenvalue weighted by Crippen LogP contribution is -2.50. The number of carbonyl (C=O) groups is 1. The minimum absolute atomic E-state index is 0.0920. The minimum atomic E-state index is -1.98. The van der Waals surface area contributed by atoms with Crippen LogP contribution >= 0.6 is 23.5 Å². The van der Waals surface area contributed by atoms with Crippen LogP contribution in [0.25, 0.3) is 0 Å². The van der Waals surface area contributed by atoms with Gasteiger partial charge in [-0.1, -0.05) is 27.4 Å². The summed E-state index contributed by atoms with van der Waals surface area (Å²) < 4.78 is 28.4. The number of ether oxygens (including phenoxy) is 4. The fourth-order valence-electron chi connectivity index (χ4n) is 2.73. The molecule has 6 nitrogen and oxygen atoms in total. The number of rotatable bonds is 12. The minimum Gasteiger partial charge on any atom is -0.466 e. The van der Waals surface area contributed by atoms with E-state index >= 15 is 0 Å². The van der Waals surface area contributed by atoms with E-state index in [2.05, 4.69) is 40.4 Å². The van der Waals surface area contributed by atoms with Gasteiger partial charge < -0.3 is 23.4 Å². The maximum Gasteiger partial charge on any atom is 0.335 e. The molecule has 1 rings (SSSR count). The summed E-state index contributed by atoms with van der Waals surface area (Å²) in [5, 5.41) is 0.0920. The van der Waals surface area contributed by atoms with Crippen molar-refractivity contribution in [1.82, 2.24) is 0 Å². The van der Waals surface area contributed by atoms with Crippen LogP contribution in [-0.2, 0) is 28.2 Å². The second-order valence-corrected chi connectivity index (χ2v) is 16.9. The summed E-state index contributed by atoms with van der Waals surface area (Å²) >= 11 is 3.74. The fourth-order valence-corrected chi connectivity index (χ4v) is 7.17. The van der Waals surface area contributed by atoms with Crippen molar-refractivity contribution in [3.8, 4) is 0 Å². The molecule has 0 aromatic heterocycles. The molecule has 0 spiro atoms. The third-order valence-electron chi connectivity index (χ3n) is 5.78. The Morgan fingerprint density at radius 3 is 2.17 bits per heavy atom. The van der Waals surface area contributed by atoms with Crippen LogP contribution in [0.4, 0.5) is 0 Å². The topological polar surface area (TPSA) is 63.2 Å². The highest BCUT2D eigenvalue weighted by atomic mass is 32.2. The standard InChI is InChI=1S/C21H40O6S2Si/c1-16(19(22)25-7)14-26-17(15-27-30(8,9)20(2,3)4)21(13-18(23-5)24-6)28-11-10-12-29-21/h17-18H,1,10-15H2,2-9H3. The lowest BCUT2D eigenvalue weighted by molar-refractivity contribution is -0.137. The predicted molar refractivity (Wildman–Crippen MR) is 129 cm³/mol. The van der Waals surface area contributed by atoms with E-state index in [1.54, 1.807) is 14.2 Å². The van der Waals surface area contributed by atoms with Crippen LogP contribution in [0.2, 0.25) is 18.1 Å². The van der Waals surface area contributed by atoms with Gasteiger partial charge in [0.15, 0.2) is 14.6 Å². The van der Waals surface area contributed by atoms with Gasteiger partial charge in [-0.15, -0.1) is 23.5 Å². The summed E-state index contributed by atoms with van der Waals surface area (Å²) in [6, 6.07) is 0. The molecule has 0 N–H and O–H groups in total. The van der Waals surface area contributed by atoms with Gasteiger partial charge in [0.2, 0.25) is 0 Å². The van der Waals surface area contributed by atoms with Crippen molar-refractivity contribution in [2.45, 2.75) is 68.2 Å². The zero-order chi connectivity index (χ0) is 23.0. The lowest BCUT2D eigenvalue weighted by Gasteiger charge is -2.45. The van der Waals surface area contributed by atoms with E-state index < -0.39 is 14.3 Å². The molecular weight excluding hydrogens is 440 g/mol. The van der Waals surface area contributed by atoms with Gasteiger partial charge in [0.05, 0.1) is 30.0 Å². The van der Waals surface area contributed by atoms with E-state index in [-0.39, 0.29) is 28.1 Å². The first-order chi connectivity index (χ1) is 13.9. The summed E-state index contributed by atoms with van der Waals surface area (Å²) in [4.78, 5) is 11.8. The Hall–Kier alpha value is -0.0331. The molecule has 1 atom stereocenters. The molecule has 1 fully saturated rings. The first kappa shape index (κ1) is 28.0. The predicted octanol–water partition coefficient (Wildman–Crippen LogP) is 4.70. The van der Waals surface area contributed by atoms with Crippen molar-refractivity contribution in [1.29, 1.82) is 0 Å². The molecule has 1 aliphatic rings. The van der Waals surface area contributed by atoms with Crippen LogP contribution in [-0.4, -0.2) is 76.8 Å². The molecule has 1 saturated heterocycles. The second kappa shape index (κ2) is 12.3. The number of hydrogen-bond donors (Lipinski definition) is 0. The van der Waals surface area contributed by atoms with E-state index in [4.69, 9.17) is 23.4 Å². The van der Waals surface area contributed by atoms with Gasteiger partial charge in [-0.05, 0) is 36.1 Å². The zero-order valence-corrected chi connectivity index (χ0v) is 22.5. The average Bonchev–Trinajstić information content (AvgIpc) is 2.70. The van der Waals surface area contributed by atoms with Gasteiger partial charge in [-0.25, -0.2) is 4.79 Å². The molecule has 0 aromatic carbocycles. The molecule has 0 aliphatic carbocycles. The lowest BCUT2D eigenvalue weighted by atomic mass is 10.1. The Kier molecular flexibility index (Phi) is 11.5. The number of esters is 1. The van der Waals surface area contributed by atoms with Crippen molar-refractivity contribution in [3.05, 3.63) is 12.2 Å². The largest absolute Gasteiger partial charge is 0.466 e. The first-order valence-electron chi connectivity index (χ1n) is 10.3. The van der Waals surface area contributed by atoms with E-state index in [1.807, 2.05) is 23.5 Å². The molecule has 1 unspecified atom stereocenters. The van der Waals surface area contributed by atoms with Crippen molar-refractivity contribution < 1.29 is 28.2 Å². The summed E-state index contributed by atoms with van der Waals surface area (Å²) in [5.74, 6) is 1.61.